The van der Waals surface area contributed by atoms with Crippen LogP contribution in [0.15, 0.2) is 48.0 Å². The SMILES string of the molecule is CC(C)=CCc1c(O)cc(CCc2ccccc2)c2c1OC(C)(C)OC2=O. The van der Waals surface area contributed by atoms with Crippen LogP contribution in [0.2, 0.25) is 0 Å². The molecule has 0 fully saturated rings. The van der Waals surface area contributed by atoms with E-state index in [1.165, 1.54) is 5.56 Å². The molecule has 0 radical (unpaired) electrons. The Kier molecular flexibility index (Phi) is 5.26. The van der Waals surface area contributed by atoms with E-state index in [2.05, 4.69) is 0 Å². The molecule has 2 aromatic carbocycles. The fraction of sp³-hybridized carbons (Fsp3) is 0.348. The van der Waals surface area contributed by atoms with Gasteiger partial charge in [-0.2, -0.15) is 0 Å². The fourth-order valence-corrected chi connectivity index (χ4v) is 3.24. The molecule has 2 aromatic rings. The van der Waals surface area contributed by atoms with Crippen LogP contribution in [0, 0.1) is 0 Å². The number of phenolic OH excluding ortho intramolecular Hbond substituents is 1. The van der Waals surface area contributed by atoms with E-state index in [1.54, 1.807) is 19.9 Å². The number of benzene rings is 2. The molecule has 0 saturated carbocycles. The Morgan fingerprint density at radius 2 is 1.81 bits per heavy atom. The summed E-state index contributed by atoms with van der Waals surface area (Å²) < 4.78 is 11.4. The summed E-state index contributed by atoms with van der Waals surface area (Å²) in [6.07, 6.45) is 3.88. The normalized spacial score (nSPS) is 14.7. The predicted octanol–water partition coefficient (Wildman–Crippen LogP) is 4.97. The summed E-state index contributed by atoms with van der Waals surface area (Å²) in [4.78, 5) is 12.7. The van der Waals surface area contributed by atoms with Gasteiger partial charge in [0.15, 0.2) is 0 Å². The average Bonchev–Trinajstić information content (AvgIpc) is 2.58. The number of cyclic esters (lactones) is 1. The molecule has 0 aliphatic carbocycles. The van der Waals surface area contributed by atoms with Gasteiger partial charge >= 0.3 is 5.97 Å². The Bertz CT molecular complexity index is 875. The van der Waals surface area contributed by atoms with Crippen molar-refractivity contribution in [3.63, 3.8) is 0 Å². The van der Waals surface area contributed by atoms with E-state index in [1.807, 2.05) is 50.3 Å². The molecule has 1 aliphatic heterocycles. The molecule has 27 heavy (non-hydrogen) atoms. The highest BCUT2D eigenvalue weighted by atomic mass is 16.7. The van der Waals surface area contributed by atoms with Crippen molar-refractivity contribution in [2.45, 2.75) is 52.7 Å². The van der Waals surface area contributed by atoms with E-state index in [9.17, 15) is 9.90 Å². The summed E-state index contributed by atoms with van der Waals surface area (Å²) in [5, 5.41) is 10.7. The molecule has 0 unspecified atom stereocenters. The van der Waals surface area contributed by atoms with Gasteiger partial charge in [-0.25, -0.2) is 4.79 Å². The fourth-order valence-electron chi connectivity index (χ4n) is 3.24. The zero-order valence-corrected chi connectivity index (χ0v) is 16.3. The van der Waals surface area contributed by atoms with Gasteiger partial charge in [-0.05, 0) is 50.3 Å². The molecule has 0 saturated heterocycles. The molecular formula is C23H26O4. The van der Waals surface area contributed by atoms with Crippen LogP contribution < -0.4 is 4.74 Å². The minimum atomic E-state index is -1.06. The number of aryl methyl sites for hydroxylation is 2. The first kappa shape index (κ1) is 19.0. The molecule has 1 N–H and O–H groups in total. The number of phenols is 1. The smallest absolute Gasteiger partial charge is 0.345 e. The number of carbonyl (C=O) groups is 1. The maximum absolute atomic E-state index is 12.7. The number of allylic oxidation sites excluding steroid dienone is 2. The molecular weight excluding hydrogens is 340 g/mol. The highest BCUT2D eigenvalue weighted by Crippen LogP contribution is 2.41. The predicted molar refractivity (Wildman–Crippen MR) is 105 cm³/mol. The Hall–Kier alpha value is -2.75. The van der Waals surface area contributed by atoms with Gasteiger partial charge in [-0.15, -0.1) is 0 Å². The zero-order chi connectivity index (χ0) is 19.6. The van der Waals surface area contributed by atoms with Gasteiger partial charge in [-0.3, -0.25) is 0 Å². The van der Waals surface area contributed by atoms with E-state index in [4.69, 9.17) is 9.47 Å². The monoisotopic (exact) mass is 366 g/mol. The zero-order valence-electron chi connectivity index (χ0n) is 16.3. The van der Waals surface area contributed by atoms with Crippen molar-refractivity contribution in [2.24, 2.45) is 0 Å². The number of ether oxygens (including phenoxy) is 2. The van der Waals surface area contributed by atoms with Gasteiger partial charge in [0.1, 0.15) is 17.1 Å². The minimum absolute atomic E-state index is 0.153. The Balaban J connectivity index is 2.03. The second kappa shape index (κ2) is 7.47. The van der Waals surface area contributed by atoms with E-state index < -0.39 is 11.8 Å². The second-order valence-corrected chi connectivity index (χ2v) is 7.60. The third-order valence-electron chi connectivity index (χ3n) is 4.57. The number of hydrogen-bond acceptors (Lipinski definition) is 4. The summed E-state index contributed by atoms with van der Waals surface area (Å²) in [6.45, 7) is 7.39. The molecule has 0 aromatic heterocycles. The molecule has 3 rings (SSSR count). The molecule has 0 atom stereocenters. The second-order valence-electron chi connectivity index (χ2n) is 7.60. The van der Waals surface area contributed by atoms with Crippen molar-refractivity contribution in [1.29, 1.82) is 0 Å². The lowest BCUT2D eigenvalue weighted by molar-refractivity contribution is -0.128. The minimum Gasteiger partial charge on any atom is -0.508 e. The Morgan fingerprint density at radius 1 is 1.11 bits per heavy atom. The number of rotatable bonds is 5. The van der Waals surface area contributed by atoms with Gasteiger partial charge < -0.3 is 14.6 Å². The molecule has 142 valence electrons. The Labute approximate surface area is 160 Å². The molecule has 0 amide bonds. The summed E-state index contributed by atoms with van der Waals surface area (Å²) in [5.41, 5.74) is 4.10. The van der Waals surface area contributed by atoms with Crippen molar-refractivity contribution < 1.29 is 19.4 Å². The highest BCUT2D eigenvalue weighted by molar-refractivity contribution is 5.96. The molecule has 0 bridgehead atoms. The number of esters is 1. The van der Waals surface area contributed by atoms with Gasteiger partial charge in [0.05, 0.1) is 0 Å². The maximum atomic E-state index is 12.7. The molecule has 1 aliphatic rings. The summed E-state index contributed by atoms with van der Waals surface area (Å²) in [7, 11) is 0. The van der Waals surface area contributed by atoms with Crippen LogP contribution in [0.3, 0.4) is 0 Å². The first-order chi connectivity index (χ1) is 12.8. The lowest BCUT2D eigenvalue weighted by atomic mass is 9.93. The van der Waals surface area contributed by atoms with Gasteiger partial charge in [0, 0.05) is 19.4 Å². The van der Waals surface area contributed by atoms with Crippen LogP contribution in [0.4, 0.5) is 0 Å². The van der Waals surface area contributed by atoms with Crippen LogP contribution in [0.25, 0.3) is 0 Å². The van der Waals surface area contributed by atoms with Crippen LogP contribution in [0.1, 0.15) is 54.7 Å². The third-order valence-corrected chi connectivity index (χ3v) is 4.57. The van der Waals surface area contributed by atoms with Crippen LogP contribution in [-0.2, 0) is 24.0 Å². The lowest BCUT2D eigenvalue weighted by Crippen LogP contribution is -2.40. The molecule has 4 heteroatoms. The van der Waals surface area contributed by atoms with E-state index >= 15 is 0 Å². The number of hydrogen-bond donors (Lipinski definition) is 1. The first-order valence-electron chi connectivity index (χ1n) is 9.24. The van der Waals surface area contributed by atoms with E-state index in [0.717, 1.165) is 17.6 Å². The Morgan fingerprint density at radius 3 is 2.48 bits per heavy atom. The van der Waals surface area contributed by atoms with Crippen LogP contribution in [-0.4, -0.2) is 16.9 Å². The van der Waals surface area contributed by atoms with Crippen molar-refractivity contribution in [3.05, 3.63) is 70.3 Å². The largest absolute Gasteiger partial charge is 0.508 e. The van der Waals surface area contributed by atoms with Crippen LogP contribution >= 0.6 is 0 Å². The van der Waals surface area contributed by atoms with E-state index in [0.29, 0.717) is 29.7 Å². The summed E-state index contributed by atoms with van der Waals surface area (Å²) in [6, 6.07) is 11.7. The number of carbonyl (C=O) groups excluding carboxylic acids is 1. The van der Waals surface area contributed by atoms with Crippen molar-refractivity contribution >= 4 is 5.97 Å². The average molecular weight is 366 g/mol. The van der Waals surface area contributed by atoms with Gasteiger partial charge in [-0.1, -0.05) is 42.0 Å². The molecule has 1 heterocycles. The highest BCUT2D eigenvalue weighted by Gasteiger charge is 2.37. The van der Waals surface area contributed by atoms with Crippen molar-refractivity contribution in [3.8, 4) is 11.5 Å². The quantitative estimate of drug-likeness (QED) is 0.599. The topological polar surface area (TPSA) is 55.8 Å². The molecule has 0 spiro atoms. The third kappa shape index (κ3) is 4.33. The van der Waals surface area contributed by atoms with Crippen LogP contribution in [0.5, 0.6) is 11.5 Å². The van der Waals surface area contributed by atoms with Gasteiger partial charge in [0.25, 0.3) is 0 Å². The van der Waals surface area contributed by atoms with Crippen molar-refractivity contribution in [1.82, 2.24) is 0 Å². The van der Waals surface area contributed by atoms with Gasteiger partial charge in [0.2, 0.25) is 5.79 Å². The maximum Gasteiger partial charge on any atom is 0.345 e. The lowest BCUT2D eigenvalue weighted by Gasteiger charge is -2.34. The summed E-state index contributed by atoms with van der Waals surface area (Å²) >= 11 is 0. The van der Waals surface area contributed by atoms with Crippen molar-refractivity contribution in [2.75, 3.05) is 0 Å². The number of fused-ring (bicyclic) bond motifs is 1. The first-order valence-corrected chi connectivity index (χ1v) is 9.24. The number of aromatic hydroxyl groups is 1. The summed E-state index contributed by atoms with van der Waals surface area (Å²) in [5.74, 6) is -0.867. The van der Waals surface area contributed by atoms with E-state index in [-0.39, 0.29) is 5.75 Å². The standard InChI is InChI=1S/C23H26O4/c1-15(2)10-13-18-19(24)14-17(12-11-16-8-6-5-7-9-16)20-21(18)26-23(3,4)27-22(20)25/h5-10,14,24H,11-13H2,1-4H3. The molecule has 4 nitrogen and oxygen atoms in total.